The van der Waals surface area contributed by atoms with E-state index in [4.69, 9.17) is 0 Å². The number of hydrogen-bond acceptors (Lipinski definition) is 4. The average Bonchev–Trinajstić information content (AvgIpc) is 2.95. The summed E-state index contributed by atoms with van der Waals surface area (Å²) in [5.74, 6) is 0.653. The van der Waals surface area contributed by atoms with Crippen molar-refractivity contribution in [3.8, 4) is 0 Å². The van der Waals surface area contributed by atoms with Crippen LogP contribution in [-0.4, -0.2) is 22.9 Å². The summed E-state index contributed by atoms with van der Waals surface area (Å²) in [4.78, 5) is 29.2. The second kappa shape index (κ2) is 6.46. The number of rotatable bonds is 1. The van der Waals surface area contributed by atoms with Crippen molar-refractivity contribution in [1.82, 2.24) is 9.13 Å². The molecule has 0 atom stereocenters. The molecule has 0 spiro atoms. The third-order valence-corrected chi connectivity index (χ3v) is 4.97. The van der Waals surface area contributed by atoms with Gasteiger partial charge in [-0.3, -0.25) is 13.9 Å². The summed E-state index contributed by atoms with van der Waals surface area (Å²) < 4.78 is 2.71. The number of nitrogens with zero attached hydrogens (tertiary/aromatic N) is 4. The van der Waals surface area contributed by atoms with Gasteiger partial charge in [-0.1, -0.05) is 36.4 Å². The second-order valence-electron chi connectivity index (χ2n) is 6.60. The highest BCUT2D eigenvalue weighted by molar-refractivity contribution is 14.0. The van der Waals surface area contributed by atoms with E-state index >= 15 is 0 Å². The Hall–Kier alpha value is -2.29. The van der Waals surface area contributed by atoms with Crippen molar-refractivity contribution in [2.75, 3.05) is 23.5 Å². The van der Waals surface area contributed by atoms with Crippen molar-refractivity contribution < 1.29 is 0 Å². The maximum atomic E-state index is 12.9. The van der Waals surface area contributed by atoms with Crippen LogP contribution in [0, 0.1) is 6.92 Å². The molecule has 6 nitrogen and oxygen atoms in total. The molecule has 0 saturated heterocycles. The summed E-state index contributed by atoms with van der Waals surface area (Å²) in [5.41, 5.74) is 2.07. The summed E-state index contributed by atoms with van der Waals surface area (Å²) in [6.45, 7) is 2.57. The molecule has 136 valence electrons. The Kier molecular flexibility index (Phi) is 4.60. The van der Waals surface area contributed by atoms with Crippen LogP contribution in [-0.2, 0) is 14.1 Å². The molecule has 3 aromatic rings. The molecule has 0 fully saturated rings. The van der Waals surface area contributed by atoms with Gasteiger partial charge in [0.05, 0.1) is 12.4 Å². The third-order valence-electron chi connectivity index (χ3n) is 4.97. The van der Waals surface area contributed by atoms with Crippen molar-refractivity contribution >= 4 is 51.9 Å². The molecule has 1 aliphatic heterocycles. The van der Waals surface area contributed by atoms with E-state index in [0.29, 0.717) is 18.2 Å². The van der Waals surface area contributed by atoms with Crippen LogP contribution in [0.25, 0.3) is 10.8 Å². The molecule has 0 radical (unpaired) electrons. The minimum Gasteiger partial charge on any atom is -0.341 e. The highest BCUT2D eigenvalue weighted by Crippen LogP contribution is 2.40. The fourth-order valence-corrected chi connectivity index (χ4v) is 3.74. The molecule has 2 heterocycles. The first kappa shape index (κ1) is 18.5. The van der Waals surface area contributed by atoms with E-state index in [1.807, 2.05) is 35.9 Å². The molecule has 4 rings (SSSR count). The number of halogens is 1. The third kappa shape index (κ3) is 2.45. The van der Waals surface area contributed by atoms with Gasteiger partial charge in [0.2, 0.25) is 0 Å². The zero-order chi connectivity index (χ0) is 17.9. The van der Waals surface area contributed by atoms with E-state index in [1.54, 1.807) is 7.05 Å². The smallest absolute Gasteiger partial charge is 0.332 e. The van der Waals surface area contributed by atoms with Gasteiger partial charge in [-0.2, -0.15) is 0 Å². The van der Waals surface area contributed by atoms with Crippen LogP contribution in [0.3, 0.4) is 0 Å². The molecule has 26 heavy (non-hydrogen) atoms. The standard InChI is InChI=1S/C19H20N4O2.HI/c1-12-9-10-13-7-5-6-8-14(13)15(12)23-11-20(2)17-16(23)18(24)22(4)19(25)21(17)3;/h5-10H,11H2,1-4H3;1H. The Bertz CT molecular complexity index is 1130. The van der Waals surface area contributed by atoms with Gasteiger partial charge >= 0.3 is 5.69 Å². The van der Waals surface area contributed by atoms with Crippen molar-refractivity contribution in [3.63, 3.8) is 0 Å². The average molecular weight is 464 g/mol. The predicted octanol–water partition coefficient (Wildman–Crippen LogP) is 2.71. The van der Waals surface area contributed by atoms with Crippen LogP contribution in [0.2, 0.25) is 0 Å². The van der Waals surface area contributed by atoms with E-state index < -0.39 is 0 Å². The van der Waals surface area contributed by atoms with E-state index in [1.165, 1.54) is 16.2 Å². The fraction of sp³-hybridized carbons (Fsp3) is 0.263. The van der Waals surface area contributed by atoms with E-state index in [9.17, 15) is 9.59 Å². The lowest BCUT2D eigenvalue weighted by atomic mass is 10.0. The van der Waals surface area contributed by atoms with Crippen LogP contribution in [0.1, 0.15) is 5.56 Å². The SMILES string of the molecule is Cc1ccc2ccccc2c1N1CN(C)c2c1c(=O)n(C)c(=O)n2C.I. The monoisotopic (exact) mass is 464 g/mol. The summed E-state index contributed by atoms with van der Waals surface area (Å²) in [5, 5.41) is 2.22. The fourth-order valence-electron chi connectivity index (χ4n) is 3.74. The molecule has 0 amide bonds. The Morgan fingerprint density at radius 2 is 1.58 bits per heavy atom. The number of anilines is 3. The molecule has 0 unspecified atom stereocenters. The molecular formula is C19H21IN4O2. The van der Waals surface area contributed by atoms with Gasteiger partial charge in [0, 0.05) is 26.5 Å². The summed E-state index contributed by atoms with van der Waals surface area (Å²) in [6, 6.07) is 12.3. The molecule has 2 aromatic carbocycles. The number of aromatic nitrogens is 2. The van der Waals surface area contributed by atoms with E-state index in [-0.39, 0.29) is 35.2 Å². The molecule has 1 aliphatic rings. The normalized spacial score (nSPS) is 13.1. The highest BCUT2D eigenvalue weighted by atomic mass is 127. The zero-order valence-electron chi connectivity index (χ0n) is 15.2. The van der Waals surface area contributed by atoms with Gasteiger partial charge < -0.3 is 9.80 Å². The zero-order valence-corrected chi connectivity index (χ0v) is 17.5. The molecule has 1 aromatic heterocycles. The summed E-state index contributed by atoms with van der Waals surface area (Å²) >= 11 is 0. The largest absolute Gasteiger partial charge is 0.341 e. The van der Waals surface area contributed by atoms with Crippen LogP contribution in [0.4, 0.5) is 17.2 Å². The van der Waals surface area contributed by atoms with Crippen LogP contribution in [0.15, 0.2) is 46.0 Å². The van der Waals surface area contributed by atoms with Crippen LogP contribution >= 0.6 is 24.0 Å². The predicted molar refractivity (Wildman–Crippen MR) is 116 cm³/mol. The summed E-state index contributed by atoms with van der Waals surface area (Å²) in [7, 11) is 5.13. The minimum absolute atomic E-state index is 0. The molecule has 0 saturated carbocycles. The topological polar surface area (TPSA) is 50.5 Å². The lowest BCUT2D eigenvalue weighted by Gasteiger charge is -2.23. The molecule has 0 bridgehead atoms. The number of hydrogen-bond donors (Lipinski definition) is 0. The first-order valence-corrected chi connectivity index (χ1v) is 8.19. The van der Waals surface area contributed by atoms with Gasteiger partial charge in [-0.25, -0.2) is 4.79 Å². The lowest BCUT2D eigenvalue weighted by Crippen LogP contribution is -2.38. The highest BCUT2D eigenvalue weighted by Gasteiger charge is 2.33. The first-order valence-electron chi connectivity index (χ1n) is 8.19. The van der Waals surface area contributed by atoms with Gasteiger partial charge in [0.25, 0.3) is 5.56 Å². The second-order valence-corrected chi connectivity index (χ2v) is 6.60. The number of benzene rings is 2. The Balaban J connectivity index is 0.00000196. The Morgan fingerprint density at radius 1 is 0.885 bits per heavy atom. The molecule has 0 N–H and O–H groups in total. The molecular weight excluding hydrogens is 443 g/mol. The maximum absolute atomic E-state index is 12.9. The van der Waals surface area contributed by atoms with Crippen molar-refractivity contribution in [3.05, 3.63) is 62.8 Å². The Labute approximate surface area is 168 Å². The molecule has 0 aliphatic carbocycles. The quantitative estimate of drug-likeness (QED) is 0.520. The first-order chi connectivity index (χ1) is 11.9. The van der Waals surface area contributed by atoms with Gasteiger partial charge in [-0.05, 0) is 17.9 Å². The van der Waals surface area contributed by atoms with Crippen LogP contribution < -0.4 is 21.0 Å². The van der Waals surface area contributed by atoms with E-state index in [0.717, 1.165) is 22.0 Å². The van der Waals surface area contributed by atoms with Gasteiger partial charge in [-0.15, -0.1) is 24.0 Å². The maximum Gasteiger partial charge on any atom is 0.332 e. The van der Waals surface area contributed by atoms with Crippen molar-refractivity contribution in [1.29, 1.82) is 0 Å². The van der Waals surface area contributed by atoms with Gasteiger partial charge in [0.15, 0.2) is 5.69 Å². The van der Waals surface area contributed by atoms with E-state index in [2.05, 4.69) is 24.3 Å². The van der Waals surface area contributed by atoms with Crippen molar-refractivity contribution in [2.24, 2.45) is 14.1 Å². The summed E-state index contributed by atoms with van der Waals surface area (Å²) in [6.07, 6.45) is 0. The number of fused-ring (bicyclic) bond motifs is 2. The molecule has 7 heteroatoms. The lowest BCUT2D eigenvalue weighted by molar-refractivity contribution is 0.689. The van der Waals surface area contributed by atoms with Gasteiger partial charge in [0.1, 0.15) is 5.82 Å². The van der Waals surface area contributed by atoms with Crippen molar-refractivity contribution in [2.45, 2.75) is 6.92 Å². The minimum atomic E-state index is -0.313. The number of aryl methyl sites for hydroxylation is 1. The van der Waals surface area contributed by atoms with Crippen LogP contribution in [0.5, 0.6) is 0 Å². The Morgan fingerprint density at radius 3 is 2.31 bits per heavy atom.